The van der Waals surface area contributed by atoms with E-state index in [-0.39, 0.29) is 11.6 Å². The van der Waals surface area contributed by atoms with Crippen LogP contribution in [0.1, 0.15) is 45.8 Å². The summed E-state index contributed by atoms with van der Waals surface area (Å²) in [6, 6.07) is 6.25. The second-order valence-corrected chi connectivity index (χ2v) is 5.96. The molecule has 1 unspecified atom stereocenters. The number of hydrogen-bond acceptors (Lipinski definition) is 3. The van der Waals surface area contributed by atoms with E-state index in [1.165, 1.54) is 12.1 Å². The first-order chi connectivity index (χ1) is 11.6. The van der Waals surface area contributed by atoms with Crippen molar-refractivity contribution < 1.29 is 23.1 Å². The summed E-state index contributed by atoms with van der Waals surface area (Å²) in [5.74, 6) is -0.990. The maximum absolute atomic E-state index is 12.6. The predicted octanol–water partition coefficient (Wildman–Crippen LogP) is 3.61. The van der Waals surface area contributed by atoms with Gasteiger partial charge >= 0.3 is 12.1 Å². The summed E-state index contributed by atoms with van der Waals surface area (Å²) >= 11 is 0. The molecule has 0 aliphatic heterocycles. The van der Waals surface area contributed by atoms with E-state index in [9.17, 15) is 18.0 Å². The molecular weight excluding hydrogens is 335 g/mol. The molecule has 8 heteroatoms. The Bertz CT molecular complexity index is 752. The lowest BCUT2D eigenvalue weighted by Gasteiger charge is -2.15. The molecule has 1 atom stereocenters. The standard InChI is InChI=1S/C17H20F3N3O2/c1-10(21-8-13-4-6-14(7-5-13)16(24)25)15-11(2)22-23(12(15)3)9-17(18,19)20/h4-7,10,21H,8-9H2,1-3H3,(H,24,25). The average Bonchev–Trinajstić information content (AvgIpc) is 2.77. The number of nitrogens with one attached hydrogen (secondary N) is 1. The van der Waals surface area contributed by atoms with E-state index in [4.69, 9.17) is 5.11 Å². The molecule has 1 aromatic heterocycles. The summed E-state index contributed by atoms with van der Waals surface area (Å²) in [7, 11) is 0. The van der Waals surface area contributed by atoms with Gasteiger partial charge in [0.25, 0.3) is 0 Å². The third-order valence-electron chi connectivity index (χ3n) is 4.01. The fourth-order valence-electron chi connectivity index (χ4n) is 2.80. The Morgan fingerprint density at radius 2 is 1.88 bits per heavy atom. The van der Waals surface area contributed by atoms with Gasteiger partial charge in [-0.25, -0.2) is 4.79 Å². The predicted molar refractivity (Wildman–Crippen MR) is 86.4 cm³/mol. The van der Waals surface area contributed by atoms with Crippen LogP contribution in [0.15, 0.2) is 24.3 Å². The van der Waals surface area contributed by atoms with E-state index in [0.29, 0.717) is 17.9 Å². The monoisotopic (exact) mass is 355 g/mol. The fourth-order valence-corrected chi connectivity index (χ4v) is 2.80. The first-order valence-electron chi connectivity index (χ1n) is 7.74. The number of aromatic nitrogens is 2. The van der Waals surface area contributed by atoms with Crippen LogP contribution in [0.4, 0.5) is 13.2 Å². The number of hydrogen-bond donors (Lipinski definition) is 2. The third-order valence-corrected chi connectivity index (χ3v) is 4.01. The van der Waals surface area contributed by atoms with Gasteiger partial charge < -0.3 is 10.4 Å². The first kappa shape index (κ1) is 19.0. The van der Waals surface area contributed by atoms with Gasteiger partial charge in [0, 0.05) is 23.8 Å². The minimum absolute atomic E-state index is 0.193. The molecule has 1 aromatic carbocycles. The Labute approximate surface area is 143 Å². The van der Waals surface area contributed by atoms with Crippen LogP contribution in [0.2, 0.25) is 0 Å². The van der Waals surface area contributed by atoms with Crippen molar-refractivity contribution in [2.45, 2.75) is 46.1 Å². The van der Waals surface area contributed by atoms with Gasteiger partial charge in [0.1, 0.15) is 6.54 Å². The maximum Gasteiger partial charge on any atom is 0.408 e. The van der Waals surface area contributed by atoms with E-state index < -0.39 is 18.7 Å². The number of carboxylic acids is 1. The zero-order valence-corrected chi connectivity index (χ0v) is 14.2. The number of aromatic carboxylic acids is 1. The molecule has 0 saturated heterocycles. The van der Waals surface area contributed by atoms with Crippen molar-refractivity contribution in [3.8, 4) is 0 Å². The molecule has 25 heavy (non-hydrogen) atoms. The molecule has 0 radical (unpaired) electrons. The third kappa shape index (κ3) is 4.82. The van der Waals surface area contributed by atoms with Crippen LogP contribution < -0.4 is 5.32 Å². The molecule has 0 saturated carbocycles. The summed E-state index contributed by atoms with van der Waals surface area (Å²) in [5, 5.41) is 16.1. The van der Waals surface area contributed by atoms with Crippen molar-refractivity contribution in [2.75, 3.05) is 0 Å². The summed E-state index contributed by atoms with van der Waals surface area (Å²) < 4.78 is 38.8. The molecule has 0 spiro atoms. The highest BCUT2D eigenvalue weighted by Crippen LogP contribution is 2.25. The first-order valence-corrected chi connectivity index (χ1v) is 7.74. The Balaban J connectivity index is 2.08. The van der Waals surface area contributed by atoms with Crippen molar-refractivity contribution in [3.05, 3.63) is 52.3 Å². The molecule has 2 N–H and O–H groups in total. The average molecular weight is 355 g/mol. The summed E-state index contributed by atoms with van der Waals surface area (Å²) in [4.78, 5) is 10.8. The lowest BCUT2D eigenvalue weighted by atomic mass is 10.1. The zero-order chi connectivity index (χ0) is 18.8. The normalized spacial score (nSPS) is 13.0. The van der Waals surface area contributed by atoms with Gasteiger partial charge in [0.2, 0.25) is 0 Å². The Kier molecular flexibility index (Phi) is 5.52. The molecule has 0 bridgehead atoms. The van der Waals surface area contributed by atoms with Gasteiger partial charge in [-0.05, 0) is 38.5 Å². The Morgan fingerprint density at radius 3 is 2.40 bits per heavy atom. The van der Waals surface area contributed by atoms with Crippen molar-refractivity contribution >= 4 is 5.97 Å². The number of benzene rings is 1. The van der Waals surface area contributed by atoms with Gasteiger partial charge in [0.05, 0.1) is 11.3 Å². The second-order valence-electron chi connectivity index (χ2n) is 5.96. The summed E-state index contributed by atoms with van der Waals surface area (Å²) in [6.07, 6.45) is -4.32. The van der Waals surface area contributed by atoms with E-state index >= 15 is 0 Å². The Hall–Kier alpha value is -2.35. The highest BCUT2D eigenvalue weighted by molar-refractivity contribution is 5.87. The molecule has 0 fully saturated rings. The second kappa shape index (κ2) is 7.26. The molecule has 0 amide bonds. The lowest BCUT2D eigenvalue weighted by molar-refractivity contribution is -0.143. The SMILES string of the molecule is Cc1nn(CC(F)(F)F)c(C)c1C(C)NCc1ccc(C(=O)O)cc1. The zero-order valence-electron chi connectivity index (χ0n) is 14.2. The molecule has 2 aromatic rings. The number of carbonyl (C=O) groups is 1. The van der Waals surface area contributed by atoms with Crippen LogP contribution >= 0.6 is 0 Å². The van der Waals surface area contributed by atoms with Crippen molar-refractivity contribution in [2.24, 2.45) is 0 Å². The molecule has 0 aliphatic carbocycles. The van der Waals surface area contributed by atoms with Crippen LogP contribution in [0, 0.1) is 13.8 Å². The summed E-state index contributed by atoms with van der Waals surface area (Å²) in [5.41, 5.74) is 2.87. The number of alkyl halides is 3. The smallest absolute Gasteiger partial charge is 0.408 e. The number of nitrogens with zero attached hydrogens (tertiary/aromatic N) is 2. The van der Waals surface area contributed by atoms with Crippen LogP contribution in [-0.4, -0.2) is 27.0 Å². The maximum atomic E-state index is 12.6. The van der Waals surface area contributed by atoms with E-state index in [1.54, 1.807) is 26.0 Å². The summed E-state index contributed by atoms with van der Waals surface area (Å²) in [6.45, 7) is 4.53. The van der Waals surface area contributed by atoms with Gasteiger partial charge in [0.15, 0.2) is 0 Å². The number of aryl methyl sites for hydroxylation is 1. The molecular formula is C17H20F3N3O2. The highest BCUT2D eigenvalue weighted by Gasteiger charge is 2.30. The van der Waals surface area contributed by atoms with Gasteiger partial charge in [-0.3, -0.25) is 4.68 Å². The largest absolute Gasteiger partial charge is 0.478 e. The lowest BCUT2D eigenvalue weighted by Crippen LogP contribution is -2.21. The van der Waals surface area contributed by atoms with Crippen LogP contribution in [0.3, 0.4) is 0 Å². The minimum atomic E-state index is -4.32. The van der Waals surface area contributed by atoms with Crippen LogP contribution in [0.25, 0.3) is 0 Å². The molecule has 1 heterocycles. The van der Waals surface area contributed by atoms with Gasteiger partial charge in [-0.1, -0.05) is 12.1 Å². The van der Waals surface area contributed by atoms with Crippen molar-refractivity contribution in [1.29, 1.82) is 0 Å². The van der Waals surface area contributed by atoms with Gasteiger partial charge in [-0.15, -0.1) is 0 Å². The van der Waals surface area contributed by atoms with E-state index in [0.717, 1.165) is 15.8 Å². The molecule has 136 valence electrons. The minimum Gasteiger partial charge on any atom is -0.478 e. The number of halogens is 3. The number of rotatable bonds is 6. The van der Waals surface area contributed by atoms with Crippen molar-refractivity contribution in [3.63, 3.8) is 0 Å². The Morgan fingerprint density at radius 1 is 1.28 bits per heavy atom. The van der Waals surface area contributed by atoms with Crippen LogP contribution in [0.5, 0.6) is 0 Å². The van der Waals surface area contributed by atoms with Crippen molar-refractivity contribution in [1.82, 2.24) is 15.1 Å². The van der Waals surface area contributed by atoms with Crippen LogP contribution in [-0.2, 0) is 13.1 Å². The fraction of sp³-hybridized carbons (Fsp3) is 0.412. The van der Waals surface area contributed by atoms with Gasteiger partial charge in [-0.2, -0.15) is 18.3 Å². The molecule has 5 nitrogen and oxygen atoms in total. The topological polar surface area (TPSA) is 67.2 Å². The quantitative estimate of drug-likeness (QED) is 0.831. The highest BCUT2D eigenvalue weighted by atomic mass is 19.4. The number of carboxylic acid groups (broad SMARTS) is 1. The van der Waals surface area contributed by atoms with E-state index in [1.807, 2.05) is 6.92 Å². The molecule has 2 rings (SSSR count). The van der Waals surface area contributed by atoms with E-state index in [2.05, 4.69) is 10.4 Å². The molecule has 0 aliphatic rings.